The smallest absolute Gasteiger partial charge is 0.355 e. The molecular weight excluding hydrogens is 524 g/mol. The summed E-state index contributed by atoms with van der Waals surface area (Å²) in [5.74, 6) is 0.296. The fourth-order valence-corrected chi connectivity index (χ4v) is 5.55. The van der Waals surface area contributed by atoms with Gasteiger partial charge in [0.25, 0.3) is 0 Å². The summed E-state index contributed by atoms with van der Waals surface area (Å²) in [5, 5.41) is 0.866. The zero-order valence-electron chi connectivity index (χ0n) is 23.1. The Morgan fingerprint density at radius 1 is 0.975 bits per heavy atom. The topological polar surface area (TPSA) is 86.5 Å². The Morgan fingerprint density at radius 3 is 2.45 bits per heavy atom. The molecule has 0 aliphatic heterocycles. The highest BCUT2D eigenvalue weighted by molar-refractivity contribution is 7.00. The highest BCUT2D eigenvalue weighted by Crippen LogP contribution is 2.39. The summed E-state index contributed by atoms with van der Waals surface area (Å²) in [6.07, 6.45) is 1.87. The quantitative estimate of drug-likeness (QED) is 0.178. The monoisotopic (exact) mass is 556 g/mol. The average Bonchev–Trinajstić information content (AvgIpc) is 3.55. The van der Waals surface area contributed by atoms with E-state index < -0.39 is 5.97 Å². The Labute approximate surface area is 237 Å². The average molecular weight is 557 g/mol. The van der Waals surface area contributed by atoms with Crippen LogP contribution < -0.4 is 9.64 Å². The van der Waals surface area contributed by atoms with Crippen LogP contribution in [0.2, 0.25) is 0 Å². The molecule has 0 saturated carbocycles. The van der Waals surface area contributed by atoms with Crippen LogP contribution in [0.15, 0.2) is 60.7 Å². The molecule has 0 saturated heterocycles. The molecule has 5 rings (SSSR count). The van der Waals surface area contributed by atoms with Crippen molar-refractivity contribution in [2.45, 2.75) is 40.2 Å². The number of benzene rings is 3. The van der Waals surface area contributed by atoms with Crippen molar-refractivity contribution >= 4 is 51.2 Å². The summed E-state index contributed by atoms with van der Waals surface area (Å²) in [7, 11) is 1.62. The lowest BCUT2D eigenvalue weighted by Crippen LogP contribution is -2.29. The van der Waals surface area contributed by atoms with Crippen LogP contribution in [0.25, 0.3) is 33.1 Å². The number of fused-ring (bicyclic) bond motifs is 2. The molecular formula is C31H32N4O4S. The molecule has 2 heterocycles. The molecule has 8 nitrogen and oxygen atoms in total. The van der Waals surface area contributed by atoms with Gasteiger partial charge >= 0.3 is 5.97 Å². The van der Waals surface area contributed by atoms with E-state index in [1.165, 1.54) is 11.7 Å². The maximum Gasteiger partial charge on any atom is 0.355 e. The predicted molar refractivity (Wildman–Crippen MR) is 159 cm³/mol. The number of anilines is 1. The number of ether oxygens (including phenoxy) is 2. The Balaban J connectivity index is 1.76. The fraction of sp³-hybridized carbons (Fsp3) is 0.290. The molecule has 0 spiro atoms. The summed E-state index contributed by atoms with van der Waals surface area (Å²) in [6, 6.07) is 19.6. The molecule has 5 aromatic rings. The minimum atomic E-state index is -0.406. The molecule has 1 amide bonds. The van der Waals surface area contributed by atoms with Gasteiger partial charge in [0.15, 0.2) is 0 Å². The van der Waals surface area contributed by atoms with E-state index in [1.807, 2.05) is 65.2 Å². The summed E-state index contributed by atoms with van der Waals surface area (Å²) < 4.78 is 21.7. The number of methoxy groups -OCH3 is 1. The maximum absolute atomic E-state index is 13.6. The van der Waals surface area contributed by atoms with Crippen LogP contribution in [-0.2, 0) is 16.1 Å². The van der Waals surface area contributed by atoms with Crippen LogP contribution in [0.4, 0.5) is 5.69 Å². The van der Waals surface area contributed by atoms with Crippen molar-refractivity contribution in [3.05, 3.63) is 71.9 Å². The lowest BCUT2D eigenvalue weighted by molar-refractivity contribution is -0.116. The van der Waals surface area contributed by atoms with E-state index in [4.69, 9.17) is 9.47 Å². The molecule has 2 aromatic heterocycles. The zero-order chi connectivity index (χ0) is 28.2. The van der Waals surface area contributed by atoms with Gasteiger partial charge in [-0.15, -0.1) is 0 Å². The Kier molecular flexibility index (Phi) is 8.11. The number of amides is 1. The van der Waals surface area contributed by atoms with E-state index in [0.29, 0.717) is 18.8 Å². The van der Waals surface area contributed by atoms with E-state index in [0.717, 1.165) is 62.9 Å². The van der Waals surface area contributed by atoms with E-state index in [1.54, 1.807) is 25.9 Å². The molecule has 0 unspecified atom stereocenters. The molecule has 0 radical (unpaired) electrons. The van der Waals surface area contributed by atoms with Crippen molar-refractivity contribution in [1.29, 1.82) is 0 Å². The van der Waals surface area contributed by atoms with E-state index >= 15 is 0 Å². The number of carbonyl (C=O) groups excluding carboxylic acids is 2. The van der Waals surface area contributed by atoms with Gasteiger partial charge in [-0.25, -0.2) is 4.79 Å². The molecule has 0 N–H and O–H groups in total. The van der Waals surface area contributed by atoms with Gasteiger partial charge < -0.3 is 18.9 Å². The third-order valence-corrected chi connectivity index (χ3v) is 7.54. The molecule has 0 bridgehead atoms. The minimum absolute atomic E-state index is 0.0194. The normalized spacial score (nSPS) is 11.2. The Bertz CT molecular complexity index is 1670. The highest BCUT2D eigenvalue weighted by Gasteiger charge is 2.26. The van der Waals surface area contributed by atoms with Crippen LogP contribution in [-0.4, -0.2) is 45.5 Å². The van der Waals surface area contributed by atoms with Crippen LogP contribution in [0, 0.1) is 0 Å². The standard InChI is InChI=1S/C31H32N4O4S/c1-5-7-16-34(20(3)36)23-11-15-28-25(18-23)29(22-9-12-24(38-4)13-10-22)30(31(37)39-6-2)35(28)19-21-8-14-26-27(17-21)33-40-32-26/h8-15,17-18H,5-7,16,19H2,1-4H3. The number of hydrogen-bond donors (Lipinski definition) is 0. The molecule has 0 atom stereocenters. The van der Waals surface area contributed by atoms with Gasteiger partial charge in [-0.2, -0.15) is 8.75 Å². The number of esters is 1. The van der Waals surface area contributed by atoms with Crippen LogP contribution in [0.5, 0.6) is 5.75 Å². The van der Waals surface area contributed by atoms with Crippen molar-refractivity contribution in [2.75, 3.05) is 25.2 Å². The third kappa shape index (κ3) is 5.29. The first-order valence-corrected chi connectivity index (χ1v) is 14.1. The third-order valence-electron chi connectivity index (χ3n) is 6.98. The van der Waals surface area contributed by atoms with Gasteiger partial charge in [0.05, 0.1) is 25.4 Å². The van der Waals surface area contributed by atoms with E-state index in [9.17, 15) is 9.59 Å². The van der Waals surface area contributed by atoms with Gasteiger partial charge in [-0.1, -0.05) is 31.5 Å². The predicted octanol–water partition coefficient (Wildman–Crippen LogP) is 6.70. The molecule has 0 aliphatic rings. The van der Waals surface area contributed by atoms with Crippen molar-refractivity contribution in [1.82, 2.24) is 13.3 Å². The van der Waals surface area contributed by atoms with Crippen molar-refractivity contribution in [3.63, 3.8) is 0 Å². The number of nitrogens with zero attached hydrogens (tertiary/aromatic N) is 4. The molecule has 0 aliphatic carbocycles. The Morgan fingerprint density at radius 2 is 1.75 bits per heavy atom. The summed E-state index contributed by atoms with van der Waals surface area (Å²) in [5.41, 5.74) is 6.39. The first kappa shape index (κ1) is 27.3. The lowest BCUT2D eigenvalue weighted by atomic mass is 10.0. The summed E-state index contributed by atoms with van der Waals surface area (Å²) in [6.45, 7) is 6.80. The fourth-order valence-electron chi connectivity index (χ4n) is 5.03. The zero-order valence-corrected chi connectivity index (χ0v) is 24.0. The molecule has 206 valence electrons. The lowest BCUT2D eigenvalue weighted by Gasteiger charge is -2.21. The molecule has 40 heavy (non-hydrogen) atoms. The molecule has 0 fully saturated rings. The second-order valence-corrected chi connectivity index (χ2v) is 10.1. The van der Waals surface area contributed by atoms with E-state index in [-0.39, 0.29) is 12.5 Å². The minimum Gasteiger partial charge on any atom is -0.497 e. The highest BCUT2D eigenvalue weighted by atomic mass is 32.1. The summed E-state index contributed by atoms with van der Waals surface area (Å²) in [4.78, 5) is 28.1. The van der Waals surface area contributed by atoms with Crippen LogP contribution in [0.3, 0.4) is 0 Å². The van der Waals surface area contributed by atoms with Gasteiger partial charge in [0, 0.05) is 42.2 Å². The van der Waals surface area contributed by atoms with Gasteiger partial charge in [-0.05, 0) is 66.9 Å². The van der Waals surface area contributed by atoms with E-state index in [2.05, 4.69) is 15.7 Å². The van der Waals surface area contributed by atoms with Gasteiger partial charge in [0.1, 0.15) is 22.5 Å². The number of unbranched alkanes of at least 4 members (excludes halogenated alkanes) is 1. The van der Waals surface area contributed by atoms with Gasteiger partial charge in [-0.3, -0.25) is 4.79 Å². The largest absolute Gasteiger partial charge is 0.497 e. The maximum atomic E-state index is 13.6. The molecule has 3 aromatic carbocycles. The first-order valence-electron chi connectivity index (χ1n) is 13.4. The number of hydrogen-bond acceptors (Lipinski definition) is 7. The van der Waals surface area contributed by atoms with Gasteiger partial charge in [0.2, 0.25) is 5.91 Å². The van der Waals surface area contributed by atoms with Crippen LogP contribution in [0.1, 0.15) is 49.7 Å². The Hall–Kier alpha value is -4.24. The second kappa shape index (κ2) is 11.9. The van der Waals surface area contributed by atoms with Crippen molar-refractivity contribution in [2.24, 2.45) is 0 Å². The molecule has 9 heteroatoms. The van der Waals surface area contributed by atoms with Crippen molar-refractivity contribution in [3.8, 4) is 16.9 Å². The number of aromatic nitrogens is 3. The first-order chi connectivity index (χ1) is 19.4. The second-order valence-electron chi connectivity index (χ2n) is 9.57. The number of carbonyl (C=O) groups is 2. The number of rotatable bonds is 10. The SMILES string of the molecule is CCCCN(C(C)=O)c1ccc2c(c1)c(-c1ccc(OC)cc1)c(C(=O)OCC)n2Cc1ccc2nsnc2c1. The summed E-state index contributed by atoms with van der Waals surface area (Å²) >= 11 is 1.18. The van der Waals surface area contributed by atoms with Crippen molar-refractivity contribution < 1.29 is 19.1 Å². The van der Waals surface area contributed by atoms with Crippen LogP contribution >= 0.6 is 11.7 Å².